The molecule has 0 fully saturated rings. The number of nitrogens with two attached hydrogens (primary N) is 1. The smallest absolute Gasteiger partial charge is 0.251 e. The molecule has 1 amide bonds. The fourth-order valence-electron chi connectivity index (χ4n) is 1.77. The van der Waals surface area contributed by atoms with E-state index in [1.165, 1.54) is 19.1 Å². The summed E-state index contributed by atoms with van der Waals surface area (Å²) in [7, 11) is 0. The number of benzene rings is 2. The van der Waals surface area contributed by atoms with Gasteiger partial charge in [0.15, 0.2) is 0 Å². The standard InChI is InChI=1S/C15H13F3N2O/c1-8-12(17)4-10(5-14(8)19)15(21)20-7-9-2-3-11(16)6-13(9)18/h2-6H,7,19H2,1H3,(H,20,21). The van der Waals surface area contributed by atoms with Gasteiger partial charge in [-0.1, -0.05) is 6.07 Å². The molecule has 0 aliphatic rings. The first-order chi connectivity index (χ1) is 9.88. The number of hydrogen-bond acceptors (Lipinski definition) is 2. The Morgan fingerprint density at radius 3 is 2.48 bits per heavy atom. The van der Waals surface area contributed by atoms with Crippen LogP contribution in [0.25, 0.3) is 0 Å². The Bertz CT molecular complexity index is 678. The van der Waals surface area contributed by atoms with Gasteiger partial charge in [0.1, 0.15) is 17.5 Å². The number of carbonyl (C=O) groups excluding carboxylic acids is 1. The molecule has 3 N–H and O–H groups in total. The minimum Gasteiger partial charge on any atom is -0.398 e. The summed E-state index contributed by atoms with van der Waals surface area (Å²) in [5.41, 5.74) is 6.18. The zero-order valence-electron chi connectivity index (χ0n) is 11.2. The lowest BCUT2D eigenvalue weighted by Crippen LogP contribution is -2.23. The van der Waals surface area contributed by atoms with E-state index >= 15 is 0 Å². The Labute approximate surface area is 119 Å². The first kappa shape index (κ1) is 14.9. The third-order valence-corrected chi connectivity index (χ3v) is 3.10. The van der Waals surface area contributed by atoms with E-state index in [1.807, 2.05) is 0 Å². The van der Waals surface area contributed by atoms with Crippen LogP contribution >= 0.6 is 0 Å². The Balaban J connectivity index is 2.12. The fourth-order valence-corrected chi connectivity index (χ4v) is 1.77. The molecule has 2 rings (SSSR count). The lowest BCUT2D eigenvalue weighted by Gasteiger charge is -2.09. The maximum atomic E-state index is 13.5. The second kappa shape index (κ2) is 5.87. The van der Waals surface area contributed by atoms with Crippen molar-refractivity contribution in [2.75, 3.05) is 5.73 Å². The molecule has 0 unspecified atom stereocenters. The second-order valence-electron chi connectivity index (χ2n) is 4.59. The van der Waals surface area contributed by atoms with Crippen LogP contribution in [0.3, 0.4) is 0 Å². The molecule has 2 aromatic carbocycles. The van der Waals surface area contributed by atoms with Crippen LogP contribution in [-0.4, -0.2) is 5.91 Å². The number of anilines is 1. The van der Waals surface area contributed by atoms with Crippen molar-refractivity contribution in [3.05, 3.63) is 64.5 Å². The Morgan fingerprint density at radius 1 is 1.14 bits per heavy atom. The molecule has 0 aromatic heterocycles. The molecule has 0 spiro atoms. The third-order valence-electron chi connectivity index (χ3n) is 3.10. The predicted octanol–water partition coefficient (Wildman–Crippen LogP) is 2.92. The van der Waals surface area contributed by atoms with Gasteiger partial charge >= 0.3 is 0 Å². The largest absolute Gasteiger partial charge is 0.398 e. The van der Waals surface area contributed by atoms with Crippen molar-refractivity contribution in [1.82, 2.24) is 5.32 Å². The topological polar surface area (TPSA) is 55.1 Å². The third kappa shape index (κ3) is 3.34. The average Bonchev–Trinajstić information content (AvgIpc) is 2.43. The van der Waals surface area contributed by atoms with Gasteiger partial charge in [-0.2, -0.15) is 0 Å². The minimum absolute atomic E-state index is 0.0399. The minimum atomic E-state index is -0.759. The van der Waals surface area contributed by atoms with Crippen molar-refractivity contribution in [2.24, 2.45) is 0 Å². The lowest BCUT2D eigenvalue weighted by atomic mass is 10.1. The summed E-state index contributed by atoms with van der Waals surface area (Å²) in [6.45, 7) is 1.36. The average molecular weight is 294 g/mol. The molecule has 2 aromatic rings. The van der Waals surface area contributed by atoms with Crippen molar-refractivity contribution in [3.63, 3.8) is 0 Å². The summed E-state index contributed by atoms with van der Waals surface area (Å²) >= 11 is 0. The molecule has 110 valence electrons. The molecule has 0 atom stereocenters. The van der Waals surface area contributed by atoms with Gasteiger partial charge in [-0.3, -0.25) is 4.79 Å². The number of carbonyl (C=O) groups is 1. The van der Waals surface area contributed by atoms with Gasteiger partial charge in [0.05, 0.1) is 0 Å². The van der Waals surface area contributed by atoms with Crippen molar-refractivity contribution in [1.29, 1.82) is 0 Å². The van der Waals surface area contributed by atoms with Crippen LogP contribution in [0.2, 0.25) is 0 Å². The van der Waals surface area contributed by atoms with E-state index in [0.717, 1.165) is 18.2 Å². The molecule has 0 aliphatic heterocycles. The highest BCUT2D eigenvalue weighted by Crippen LogP contribution is 2.17. The molecule has 0 heterocycles. The zero-order chi connectivity index (χ0) is 15.6. The normalized spacial score (nSPS) is 10.5. The van der Waals surface area contributed by atoms with Gasteiger partial charge in [-0.05, 0) is 25.1 Å². The van der Waals surface area contributed by atoms with Gasteiger partial charge < -0.3 is 11.1 Å². The molecule has 21 heavy (non-hydrogen) atoms. The number of halogens is 3. The summed E-state index contributed by atoms with van der Waals surface area (Å²) in [6, 6.07) is 5.45. The zero-order valence-corrected chi connectivity index (χ0v) is 11.2. The Hall–Kier alpha value is -2.50. The van der Waals surface area contributed by atoms with Crippen molar-refractivity contribution in [2.45, 2.75) is 13.5 Å². The van der Waals surface area contributed by atoms with E-state index in [2.05, 4.69) is 5.32 Å². The SMILES string of the molecule is Cc1c(N)cc(C(=O)NCc2ccc(F)cc2F)cc1F. The molecule has 0 saturated carbocycles. The molecule has 6 heteroatoms. The maximum Gasteiger partial charge on any atom is 0.251 e. The Morgan fingerprint density at radius 2 is 1.86 bits per heavy atom. The number of nitrogens with one attached hydrogen (secondary N) is 1. The van der Waals surface area contributed by atoms with E-state index in [4.69, 9.17) is 5.73 Å². The molecule has 0 bridgehead atoms. The summed E-state index contributed by atoms with van der Waals surface area (Å²) in [5, 5.41) is 2.43. The Kier molecular flexibility index (Phi) is 4.16. The fraction of sp³-hybridized carbons (Fsp3) is 0.133. The van der Waals surface area contributed by atoms with Crippen LogP contribution < -0.4 is 11.1 Å². The number of amides is 1. The van der Waals surface area contributed by atoms with Crippen molar-refractivity contribution in [3.8, 4) is 0 Å². The van der Waals surface area contributed by atoms with Crippen molar-refractivity contribution >= 4 is 11.6 Å². The highest BCUT2D eigenvalue weighted by atomic mass is 19.1. The molecule has 0 aliphatic carbocycles. The van der Waals surface area contributed by atoms with Gasteiger partial charge in [0.25, 0.3) is 5.91 Å². The number of hydrogen-bond donors (Lipinski definition) is 2. The first-order valence-electron chi connectivity index (χ1n) is 6.16. The lowest BCUT2D eigenvalue weighted by molar-refractivity contribution is 0.0950. The van der Waals surface area contributed by atoms with Crippen LogP contribution in [0.4, 0.5) is 18.9 Å². The van der Waals surface area contributed by atoms with Crippen LogP contribution in [0.15, 0.2) is 30.3 Å². The van der Waals surface area contributed by atoms with E-state index in [9.17, 15) is 18.0 Å². The predicted molar refractivity (Wildman–Crippen MR) is 73.1 cm³/mol. The quantitative estimate of drug-likeness (QED) is 0.855. The van der Waals surface area contributed by atoms with E-state index in [0.29, 0.717) is 0 Å². The summed E-state index contributed by atoms with van der Waals surface area (Å²) < 4.78 is 39.7. The number of nitrogen functional groups attached to an aromatic ring is 1. The van der Waals surface area contributed by atoms with Crippen LogP contribution in [0.5, 0.6) is 0 Å². The highest BCUT2D eigenvalue weighted by molar-refractivity contribution is 5.95. The van der Waals surface area contributed by atoms with E-state index in [-0.39, 0.29) is 28.9 Å². The van der Waals surface area contributed by atoms with Crippen LogP contribution in [-0.2, 0) is 6.54 Å². The molecular formula is C15H13F3N2O. The molecule has 0 radical (unpaired) electrons. The number of rotatable bonds is 3. The highest BCUT2D eigenvalue weighted by Gasteiger charge is 2.12. The summed E-state index contributed by atoms with van der Waals surface area (Å²) in [6.07, 6.45) is 0. The monoisotopic (exact) mass is 294 g/mol. The van der Waals surface area contributed by atoms with Gasteiger partial charge in [0.2, 0.25) is 0 Å². The van der Waals surface area contributed by atoms with Crippen LogP contribution in [0.1, 0.15) is 21.5 Å². The molecule has 3 nitrogen and oxygen atoms in total. The van der Waals surface area contributed by atoms with Gasteiger partial charge in [-0.15, -0.1) is 0 Å². The molecular weight excluding hydrogens is 281 g/mol. The van der Waals surface area contributed by atoms with Gasteiger partial charge in [-0.25, -0.2) is 13.2 Å². The maximum absolute atomic E-state index is 13.5. The van der Waals surface area contributed by atoms with Crippen LogP contribution in [0, 0.1) is 24.4 Å². The first-order valence-corrected chi connectivity index (χ1v) is 6.16. The van der Waals surface area contributed by atoms with Gasteiger partial charge in [0, 0.05) is 35.0 Å². The van der Waals surface area contributed by atoms with E-state index in [1.54, 1.807) is 0 Å². The summed E-state index contributed by atoms with van der Waals surface area (Å²) in [5.74, 6) is -2.64. The summed E-state index contributed by atoms with van der Waals surface area (Å²) in [4.78, 5) is 11.9. The molecule has 0 saturated heterocycles. The second-order valence-corrected chi connectivity index (χ2v) is 4.59. The van der Waals surface area contributed by atoms with E-state index < -0.39 is 23.4 Å². The van der Waals surface area contributed by atoms with Crippen molar-refractivity contribution < 1.29 is 18.0 Å².